The number of carbonyl (C=O) groups is 4. The van der Waals surface area contributed by atoms with E-state index in [9.17, 15) is 19.2 Å². The predicted octanol–water partition coefficient (Wildman–Crippen LogP) is -0.904. The minimum Gasteiger partial charge on any atom is -0.478 e. The summed E-state index contributed by atoms with van der Waals surface area (Å²) in [5.41, 5.74) is 4.32. The Hall–Kier alpha value is -2.94. The quantitative estimate of drug-likeness (QED) is 0.440. The van der Waals surface area contributed by atoms with Gasteiger partial charge in [0.1, 0.15) is 0 Å². The number of nitrogens with two attached hydrogens (primary N) is 1. The van der Waals surface area contributed by atoms with E-state index in [2.05, 4.69) is 10.6 Å². The van der Waals surface area contributed by atoms with Gasteiger partial charge in [-0.15, -0.1) is 0 Å². The van der Waals surface area contributed by atoms with Gasteiger partial charge in [0, 0.05) is 13.1 Å². The lowest BCUT2D eigenvalue weighted by atomic mass is 10.1. The fraction of sp³-hybridized carbons (Fsp3) is 0.167. The summed E-state index contributed by atoms with van der Waals surface area (Å²) in [4.78, 5) is 44.8. The van der Waals surface area contributed by atoms with Crippen molar-refractivity contribution in [3.05, 3.63) is 29.3 Å². The molecule has 6 N–H and O–H groups in total. The SMILES string of the molecule is NCCNC(=O)C(=O)Nc1cc(C(=O)O)ccc1C(=O)O. The number of hydrogen-bond acceptors (Lipinski definition) is 5. The highest BCUT2D eigenvalue weighted by atomic mass is 16.4. The van der Waals surface area contributed by atoms with Crippen molar-refractivity contribution < 1.29 is 29.4 Å². The van der Waals surface area contributed by atoms with E-state index < -0.39 is 23.8 Å². The second kappa shape index (κ2) is 7.01. The molecule has 2 amide bonds. The number of amides is 2. The van der Waals surface area contributed by atoms with E-state index in [-0.39, 0.29) is 29.9 Å². The van der Waals surface area contributed by atoms with Gasteiger partial charge < -0.3 is 26.6 Å². The molecule has 0 atom stereocenters. The van der Waals surface area contributed by atoms with Crippen LogP contribution in [0.15, 0.2) is 18.2 Å². The van der Waals surface area contributed by atoms with Crippen molar-refractivity contribution in [2.75, 3.05) is 18.4 Å². The molecule has 112 valence electrons. The van der Waals surface area contributed by atoms with Crippen molar-refractivity contribution in [3.63, 3.8) is 0 Å². The summed E-state index contributed by atoms with van der Waals surface area (Å²) in [5.74, 6) is -4.79. The molecule has 0 aliphatic heterocycles. The Morgan fingerprint density at radius 2 is 1.71 bits per heavy atom. The fourth-order valence-electron chi connectivity index (χ4n) is 1.41. The van der Waals surface area contributed by atoms with Gasteiger partial charge in [-0.2, -0.15) is 0 Å². The van der Waals surface area contributed by atoms with Gasteiger partial charge in [-0.05, 0) is 18.2 Å². The Labute approximate surface area is 118 Å². The van der Waals surface area contributed by atoms with E-state index in [1.807, 2.05) is 0 Å². The first kappa shape index (κ1) is 16.1. The lowest BCUT2D eigenvalue weighted by Crippen LogP contribution is -2.38. The van der Waals surface area contributed by atoms with E-state index in [0.29, 0.717) is 0 Å². The molecule has 1 aromatic carbocycles. The molecule has 0 aliphatic carbocycles. The van der Waals surface area contributed by atoms with Crippen LogP contribution in [0.25, 0.3) is 0 Å². The Balaban J connectivity index is 3.01. The van der Waals surface area contributed by atoms with Crippen LogP contribution in [-0.2, 0) is 9.59 Å². The van der Waals surface area contributed by atoms with Crippen LogP contribution in [0.3, 0.4) is 0 Å². The van der Waals surface area contributed by atoms with Gasteiger partial charge in [-0.25, -0.2) is 9.59 Å². The molecule has 0 radical (unpaired) electrons. The Kier molecular flexibility index (Phi) is 5.38. The Bertz CT molecular complexity index is 599. The van der Waals surface area contributed by atoms with Crippen molar-refractivity contribution in [1.29, 1.82) is 0 Å². The van der Waals surface area contributed by atoms with Crippen LogP contribution in [0, 0.1) is 0 Å². The number of hydrogen-bond donors (Lipinski definition) is 5. The van der Waals surface area contributed by atoms with E-state index in [1.54, 1.807) is 0 Å². The maximum Gasteiger partial charge on any atom is 0.337 e. The van der Waals surface area contributed by atoms with Crippen molar-refractivity contribution in [3.8, 4) is 0 Å². The second-order valence-corrected chi connectivity index (χ2v) is 3.87. The highest BCUT2D eigenvalue weighted by Crippen LogP contribution is 2.18. The fourth-order valence-corrected chi connectivity index (χ4v) is 1.41. The van der Waals surface area contributed by atoms with Crippen molar-refractivity contribution in [2.24, 2.45) is 5.73 Å². The molecule has 9 heteroatoms. The van der Waals surface area contributed by atoms with Crippen LogP contribution in [-0.4, -0.2) is 47.1 Å². The summed E-state index contributed by atoms with van der Waals surface area (Å²) in [6.45, 7) is 0.209. The summed E-state index contributed by atoms with van der Waals surface area (Å²) >= 11 is 0. The molecule has 21 heavy (non-hydrogen) atoms. The summed E-state index contributed by atoms with van der Waals surface area (Å²) in [5, 5.41) is 22.1. The largest absolute Gasteiger partial charge is 0.478 e. The van der Waals surface area contributed by atoms with Crippen molar-refractivity contribution in [2.45, 2.75) is 0 Å². The van der Waals surface area contributed by atoms with Gasteiger partial charge in [-0.1, -0.05) is 0 Å². The number of carboxylic acids is 2. The molecular weight excluding hydrogens is 282 g/mol. The van der Waals surface area contributed by atoms with E-state index in [0.717, 1.165) is 18.2 Å². The smallest absolute Gasteiger partial charge is 0.337 e. The van der Waals surface area contributed by atoms with E-state index >= 15 is 0 Å². The van der Waals surface area contributed by atoms with Gasteiger partial charge in [-0.3, -0.25) is 9.59 Å². The van der Waals surface area contributed by atoms with Crippen molar-refractivity contribution in [1.82, 2.24) is 5.32 Å². The van der Waals surface area contributed by atoms with Crippen LogP contribution < -0.4 is 16.4 Å². The summed E-state index contributed by atoms with van der Waals surface area (Å²) in [6, 6.07) is 3.06. The Morgan fingerprint density at radius 1 is 1.05 bits per heavy atom. The lowest BCUT2D eigenvalue weighted by Gasteiger charge is -2.09. The summed E-state index contributed by atoms with van der Waals surface area (Å²) in [6.07, 6.45) is 0. The third-order valence-corrected chi connectivity index (χ3v) is 2.38. The van der Waals surface area contributed by atoms with E-state index in [4.69, 9.17) is 15.9 Å². The minimum absolute atomic E-state index is 0.0766. The number of aromatic carboxylic acids is 2. The molecule has 0 aromatic heterocycles. The number of anilines is 1. The maximum atomic E-state index is 11.6. The first-order valence-electron chi connectivity index (χ1n) is 5.76. The molecule has 0 bridgehead atoms. The molecule has 9 nitrogen and oxygen atoms in total. The van der Waals surface area contributed by atoms with Crippen LogP contribution in [0.5, 0.6) is 0 Å². The van der Waals surface area contributed by atoms with Gasteiger partial charge in [0.25, 0.3) is 0 Å². The predicted molar refractivity (Wildman–Crippen MR) is 71.1 cm³/mol. The third kappa shape index (κ3) is 4.28. The molecule has 0 fully saturated rings. The maximum absolute atomic E-state index is 11.6. The lowest BCUT2D eigenvalue weighted by molar-refractivity contribution is -0.136. The van der Waals surface area contributed by atoms with E-state index in [1.165, 1.54) is 0 Å². The molecule has 1 aromatic rings. The number of rotatable bonds is 5. The van der Waals surface area contributed by atoms with Gasteiger partial charge in [0.15, 0.2) is 0 Å². The molecule has 1 rings (SSSR count). The zero-order valence-corrected chi connectivity index (χ0v) is 10.8. The highest BCUT2D eigenvalue weighted by Gasteiger charge is 2.19. The second-order valence-electron chi connectivity index (χ2n) is 3.87. The molecule has 0 aliphatic rings. The first-order valence-corrected chi connectivity index (χ1v) is 5.76. The molecule has 0 spiro atoms. The van der Waals surface area contributed by atoms with Gasteiger partial charge in [0.05, 0.1) is 16.8 Å². The van der Waals surface area contributed by atoms with Crippen molar-refractivity contribution >= 4 is 29.4 Å². The molecule has 0 unspecified atom stereocenters. The van der Waals surface area contributed by atoms with Crippen LogP contribution >= 0.6 is 0 Å². The number of carboxylic acid groups (broad SMARTS) is 2. The van der Waals surface area contributed by atoms with Gasteiger partial charge in [0.2, 0.25) is 0 Å². The zero-order chi connectivity index (χ0) is 16.0. The van der Waals surface area contributed by atoms with Crippen LogP contribution in [0.2, 0.25) is 0 Å². The first-order chi connectivity index (χ1) is 9.86. The monoisotopic (exact) mass is 295 g/mol. The van der Waals surface area contributed by atoms with Crippen LogP contribution in [0.1, 0.15) is 20.7 Å². The molecule has 0 saturated heterocycles. The number of carbonyl (C=O) groups excluding carboxylic acids is 2. The summed E-state index contributed by atoms with van der Waals surface area (Å²) < 4.78 is 0. The minimum atomic E-state index is -1.37. The third-order valence-electron chi connectivity index (χ3n) is 2.38. The number of nitrogens with one attached hydrogen (secondary N) is 2. The normalized spacial score (nSPS) is 9.76. The Morgan fingerprint density at radius 3 is 2.24 bits per heavy atom. The average molecular weight is 295 g/mol. The molecular formula is C12H13N3O6. The molecule has 0 saturated carbocycles. The van der Waals surface area contributed by atoms with Crippen LogP contribution in [0.4, 0.5) is 5.69 Å². The standard InChI is InChI=1S/C12H13N3O6/c13-3-4-14-9(16)10(17)15-8-5-6(11(18)19)1-2-7(8)12(20)21/h1-2,5H,3-4,13H2,(H,14,16)(H,15,17)(H,18,19)(H,20,21). The van der Waals surface area contributed by atoms with Gasteiger partial charge >= 0.3 is 23.8 Å². The topological polar surface area (TPSA) is 159 Å². The summed E-state index contributed by atoms with van der Waals surface area (Å²) in [7, 11) is 0. The average Bonchev–Trinajstić information content (AvgIpc) is 2.44. The molecule has 0 heterocycles. The zero-order valence-electron chi connectivity index (χ0n) is 10.8. The highest BCUT2D eigenvalue weighted by molar-refractivity contribution is 6.40. The number of benzene rings is 1.